The van der Waals surface area contributed by atoms with E-state index in [9.17, 15) is 4.79 Å². The Hall–Kier alpha value is -1.35. The fourth-order valence-electron chi connectivity index (χ4n) is 3.64. The molecule has 1 amide bonds. The number of carbonyl (C=O) groups is 1. The van der Waals surface area contributed by atoms with Crippen molar-refractivity contribution in [3.05, 3.63) is 67.0 Å². The van der Waals surface area contributed by atoms with Gasteiger partial charge in [-0.1, -0.05) is 24.3 Å². The Labute approximate surface area is 126 Å². The average Bonchev–Trinajstić information content (AvgIpc) is 3.00. The average molecular weight is 279 g/mol. The largest absolute Gasteiger partial charge is 0.333 e. The summed E-state index contributed by atoms with van der Waals surface area (Å²) < 4.78 is 0. The van der Waals surface area contributed by atoms with E-state index in [0.717, 1.165) is 26.1 Å². The normalized spacial score (nSPS) is 26.8. The minimum Gasteiger partial charge on any atom is -0.333 e. The number of benzene rings is 1. The minimum absolute atomic E-state index is 0.228. The van der Waals surface area contributed by atoms with Crippen molar-refractivity contribution in [3.63, 3.8) is 0 Å². The summed E-state index contributed by atoms with van der Waals surface area (Å²) in [5, 5.41) is 0. The minimum atomic E-state index is 0.228. The molecule has 1 atom stereocenters. The molecule has 21 heavy (non-hydrogen) atoms. The van der Waals surface area contributed by atoms with E-state index >= 15 is 0 Å². The van der Waals surface area contributed by atoms with Crippen molar-refractivity contribution < 1.29 is 4.79 Å². The van der Waals surface area contributed by atoms with Crippen LogP contribution in [0.2, 0.25) is 0 Å². The van der Waals surface area contributed by atoms with Gasteiger partial charge in [-0.2, -0.15) is 0 Å². The van der Waals surface area contributed by atoms with E-state index in [4.69, 9.17) is 0 Å². The number of fused-ring (bicyclic) bond motifs is 3. The lowest BCUT2D eigenvalue weighted by atomic mass is 9.90. The fraction of sp³-hybridized carbons (Fsp3) is 0.333. The smallest absolute Gasteiger partial charge is 0.237 e. The van der Waals surface area contributed by atoms with Crippen LogP contribution in [0.25, 0.3) is 0 Å². The molecule has 1 saturated heterocycles. The summed E-state index contributed by atoms with van der Waals surface area (Å²) in [6.45, 7) is 3.22. The van der Waals surface area contributed by atoms with E-state index in [2.05, 4.69) is 59.7 Å². The third kappa shape index (κ3) is 2.48. The van der Waals surface area contributed by atoms with Gasteiger partial charge in [0.2, 0.25) is 5.91 Å². The van der Waals surface area contributed by atoms with Gasteiger partial charge in [-0.15, -0.1) is 0 Å². The van der Waals surface area contributed by atoms with Crippen LogP contribution in [0.1, 0.15) is 17.2 Å². The summed E-state index contributed by atoms with van der Waals surface area (Å²) in [4.78, 5) is 16.8. The van der Waals surface area contributed by atoms with E-state index < -0.39 is 0 Å². The Morgan fingerprint density at radius 1 is 1.14 bits per heavy atom. The molecule has 1 aromatic rings. The maximum atomic E-state index is 12.5. The number of hydrogen-bond acceptors (Lipinski definition) is 2. The highest BCUT2D eigenvalue weighted by atomic mass is 16.2. The molecule has 2 aliphatic heterocycles. The van der Waals surface area contributed by atoms with Crippen molar-refractivity contribution in [2.24, 2.45) is 0 Å². The molecule has 2 fully saturated rings. The second-order valence-corrected chi connectivity index (χ2v) is 6.01. The number of carbonyl (C=O) groups excluding carboxylic acids is 1. The summed E-state index contributed by atoms with van der Waals surface area (Å²) in [7, 11) is 0. The molecule has 3 heteroatoms. The van der Waals surface area contributed by atoms with Crippen molar-refractivity contribution in [2.75, 3.05) is 26.2 Å². The first-order chi connectivity index (χ1) is 10.3. The lowest BCUT2D eigenvalue weighted by molar-refractivity contribution is -0.140. The standard InChI is InChI=1S/C18H19N2O/c21-18-13-19(11-14-5-1-2-6-14)12-17-16-8-4-3-7-15(16)9-10-20(17)18/h1-8,17H,9-13H2. The molecule has 1 aromatic carbocycles. The van der Waals surface area contributed by atoms with Gasteiger partial charge >= 0.3 is 0 Å². The quantitative estimate of drug-likeness (QED) is 0.824. The second kappa shape index (κ2) is 5.45. The van der Waals surface area contributed by atoms with Gasteiger partial charge in [0.15, 0.2) is 0 Å². The van der Waals surface area contributed by atoms with Gasteiger partial charge in [0, 0.05) is 19.6 Å². The van der Waals surface area contributed by atoms with E-state index in [1.807, 2.05) is 0 Å². The van der Waals surface area contributed by atoms with Crippen LogP contribution in [0.3, 0.4) is 0 Å². The zero-order valence-electron chi connectivity index (χ0n) is 12.0. The number of amides is 1. The van der Waals surface area contributed by atoms with E-state index in [0.29, 0.717) is 6.54 Å². The Bertz CT molecular complexity index is 536. The number of rotatable bonds is 2. The first-order valence-electron chi connectivity index (χ1n) is 7.61. The molecule has 3 nitrogen and oxygen atoms in total. The molecule has 0 spiro atoms. The molecule has 0 bridgehead atoms. The van der Waals surface area contributed by atoms with Gasteiger partial charge in [-0.3, -0.25) is 9.69 Å². The summed E-state index contributed by atoms with van der Waals surface area (Å²) in [6, 6.07) is 8.80. The van der Waals surface area contributed by atoms with Crippen LogP contribution in [0, 0.1) is 31.6 Å². The lowest BCUT2D eigenvalue weighted by Crippen LogP contribution is -2.54. The Morgan fingerprint density at radius 3 is 2.81 bits per heavy atom. The number of hydrogen-bond donors (Lipinski definition) is 0. The number of nitrogens with zero attached hydrogens (tertiary/aromatic N) is 2. The molecule has 0 N–H and O–H groups in total. The fourth-order valence-corrected chi connectivity index (χ4v) is 3.64. The van der Waals surface area contributed by atoms with Gasteiger partial charge in [-0.25, -0.2) is 0 Å². The Morgan fingerprint density at radius 2 is 1.95 bits per heavy atom. The molecule has 1 saturated carbocycles. The maximum absolute atomic E-state index is 12.5. The molecule has 1 unspecified atom stereocenters. The topological polar surface area (TPSA) is 23.6 Å². The summed E-state index contributed by atoms with van der Waals surface area (Å²) >= 11 is 0. The molecule has 1 aliphatic carbocycles. The van der Waals surface area contributed by atoms with Crippen LogP contribution < -0.4 is 0 Å². The molecule has 3 aliphatic rings. The third-order valence-electron chi connectivity index (χ3n) is 4.66. The van der Waals surface area contributed by atoms with Crippen molar-refractivity contribution in [2.45, 2.75) is 12.5 Å². The Balaban J connectivity index is 1.54. The van der Waals surface area contributed by atoms with Gasteiger partial charge in [0.25, 0.3) is 0 Å². The molecule has 2 heterocycles. The van der Waals surface area contributed by atoms with Crippen LogP contribution in [0.4, 0.5) is 0 Å². The maximum Gasteiger partial charge on any atom is 0.237 e. The van der Waals surface area contributed by atoms with Gasteiger partial charge in [-0.05, 0) is 49.1 Å². The molecule has 0 aromatic heterocycles. The van der Waals surface area contributed by atoms with Crippen LogP contribution in [0.5, 0.6) is 0 Å². The van der Waals surface area contributed by atoms with E-state index in [-0.39, 0.29) is 11.9 Å². The summed E-state index contributed by atoms with van der Waals surface area (Å²) in [5.41, 5.74) is 2.74. The van der Waals surface area contributed by atoms with Crippen molar-refractivity contribution >= 4 is 5.91 Å². The highest BCUT2D eigenvalue weighted by Gasteiger charge is 2.37. The van der Waals surface area contributed by atoms with E-state index in [1.54, 1.807) is 0 Å². The molecule has 107 valence electrons. The molecular weight excluding hydrogens is 260 g/mol. The highest BCUT2D eigenvalue weighted by molar-refractivity contribution is 5.80. The van der Waals surface area contributed by atoms with Crippen molar-refractivity contribution in [3.8, 4) is 0 Å². The molecule has 4 rings (SSSR count). The predicted molar refractivity (Wildman–Crippen MR) is 81.5 cm³/mol. The lowest BCUT2D eigenvalue weighted by Gasteiger charge is -2.45. The van der Waals surface area contributed by atoms with Crippen LogP contribution in [-0.4, -0.2) is 41.9 Å². The Kier molecular flexibility index (Phi) is 3.46. The number of piperazine rings is 1. The first kappa shape index (κ1) is 13.3. The van der Waals surface area contributed by atoms with Crippen LogP contribution in [0.15, 0.2) is 24.3 Å². The highest BCUT2D eigenvalue weighted by Crippen LogP contribution is 2.34. The SMILES string of the molecule is O=C1CN(C[C]2[CH][CH][CH][CH]2)CC2c3ccccc3CCN12. The monoisotopic (exact) mass is 279 g/mol. The summed E-state index contributed by atoms with van der Waals surface area (Å²) in [5.74, 6) is 1.56. The van der Waals surface area contributed by atoms with Crippen molar-refractivity contribution in [1.29, 1.82) is 0 Å². The summed E-state index contributed by atoms with van der Waals surface area (Å²) in [6.07, 6.45) is 9.37. The third-order valence-corrected chi connectivity index (χ3v) is 4.66. The second-order valence-electron chi connectivity index (χ2n) is 6.01. The van der Waals surface area contributed by atoms with Crippen LogP contribution >= 0.6 is 0 Å². The predicted octanol–water partition coefficient (Wildman–Crippen LogP) is 1.83. The molecular formula is C18H19N2O. The van der Waals surface area contributed by atoms with E-state index in [1.165, 1.54) is 17.0 Å². The van der Waals surface area contributed by atoms with Gasteiger partial charge in [0.1, 0.15) is 0 Å². The van der Waals surface area contributed by atoms with Gasteiger partial charge < -0.3 is 4.90 Å². The first-order valence-corrected chi connectivity index (χ1v) is 7.61. The van der Waals surface area contributed by atoms with Crippen molar-refractivity contribution in [1.82, 2.24) is 9.80 Å². The zero-order chi connectivity index (χ0) is 14.2. The van der Waals surface area contributed by atoms with Crippen LogP contribution in [-0.2, 0) is 11.2 Å². The molecule has 5 radical (unpaired) electrons. The van der Waals surface area contributed by atoms with Gasteiger partial charge in [0.05, 0.1) is 12.6 Å². The zero-order valence-corrected chi connectivity index (χ0v) is 12.0.